The standard InChI is InChI=1S/C11H18N2O2S/c12-4-6-13-5-1-11(9-13)10-2-7-16(14,15)8-3-10/h1,5,9-10H,2-4,6-8,12H2. The van der Waals surface area contributed by atoms with E-state index >= 15 is 0 Å². The summed E-state index contributed by atoms with van der Waals surface area (Å²) in [5, 5.41) is 0. The third kappa shape index (κ3) is 2.65. The van der Waals surface area contributed by atoms with Crippen LogP contribution >= 0.6 is 0 Å². The Labute approximate surface area is 96.4 Å². The summed E-state index contributed by atoms with van der Waals surface area (Å²) in [6.07, 6.45) is 5.63. The van der Waals surface area contributed by atoms with Gasteiger partial charge in [-0.3, -0.25) is 0 Å². The van der Waals surface area contributed by atoms with E-state index < -0.39 is 9.84 Å². The van der Waals surface area contributed by atoms with E-state index in [9.17, 15) is 8.42 Å². The van der Waals surface area contributed by atoms with Crippen molar-refractivity contribution in [3.05, 3.63) is 24.0 Å². The fraction of sp³-hybridized carbons (Fsp3) is 0.636. The zero-order valence-corrected chi connectivity index (χ0v) is 10.1. The minimum Gasteiger partial charge on any atom is -0.353 e. The molecule has 4 nitrogen and oxygen atoms in total. The Hall–Kier alpha value is -0.810. The van der Waals surface area contributed by atoms with Crippen LogP contribution < -0.4 is 5.73 Å². The second-order valence-corrected chi connectivity index (χ2v) is 6.70. The zero-order chi connectivity index (χ0) is 11.6. The Kier molecular flexibility index (Phi) is 3.35. The first-order valence-electron chi connectivity index (χ1n) is 5.67. The topological polar surface area (TPSA) is 65.1 Å². The van der Waals surface area contributed by atoms with Gasteiger partial charge in [-0.1, -0.05) is 0 Å². The minimum absolute atomic E-state index is 0.333. The molecule has 16 heavy (non-hydrogen) atoms. The quantitative estimate of drug-likeness (QED) is 0.850. The highest BCUT2D eigenvalue weighted by Crippen LogP contribution is 2.29. The first kappa shape index (κ1) is 11.7. The van der Waals surface area contributed by atoms with Crippen molar-refractivity contribution in [2.75, 3.05) is 18.1 Å². The highest BCUT2D eigenvalue weighted by Gasteiger charge is 2.24. The van der Waals surface area contributed by atoms with Crippen LogP contribution in [0.5, 0.6) is 0 Å². The molecule has 5 heteroatoms. The van der Waals surface area contributed by atoms with Gasteiger partial charge in [-0.15, -0.1) is 0 Å². The lowest BCUT2D eigenvalue weighted by atomic mass is 9.96. The average Bonchev–Trinajstić information content (AvgIpc) is 2.67. The molecule has 1 aromatic rings. The van der Waals surface area contributed by atoms with Crippen molar-refractivity contribution in [2.45, 2.75) is 25.3 Å². The number of hydrogen-bond acceptors (Lipinski definition) is 3. The fourth-order valence-corrected chi connectivity index (χ4v) is 3.70. The van der Waals surface area contributed by atoms with Crippen LogP contribution in [0.25, 0.3) is 0 Å². The number of aromatic nitrogens is 1. The number of rotatable bonds is 3. The molecule has 1 saturated heterocycles. The van der Waals surface area contributed by atoms with Gasteiger partial charge in [-0.2, -0.15) is 0 Å². The molecule has 90 valence electrons. The third-order valence-electron chi connectivity index (χ3n) is 3.19. The van der Waals surface area contributed by atoms with E-state index in [1.807, 2.05) is 6.20 Å². The third-order valence-corrected chi connectivity index (χ3v) is 4.90. The summed E-state index contributed by atoms with van der Waals surface area (Å²) in [5.41, 5.74) is 6.74. The van der Waals surface area contributed by atoms with Crippen molar-refractivity contribution in [3.8, 4) is 0 Å². The molecule has 1 aliphatic rings. The van der Waals surface area contributed by atoms with Gasteiger partial charge in [0.05, 0.1) is 11.5 Å². The average molecular weight is 242 g/mol. The van der Waals surface area contributed by atoms with Gasteiger partial charge < -0.3 is 10.3 Å². The lowest BCUT2D eigenvalue weighted by Gasteiger charge is -2.20. The van der Waals surface area contributed by atoms with E-state index in [1.165, 1.54) is 5.56 Å². The first-order chi connectivity index (χ1) is 7.61. The summed E-state index contributed by atoms with van der Waals surface area (Å²) in [6.45, 7) is 1.46. The van der Waals surface area contributed by atoms with Gasteiger partial charge in [0.15, 0.2) is 0 Å². The van der Waals surface area contributed by atoms with E-state index in [1.54, 1.807) is 0 Å². The maximum Gasteiger partial charge on any atom is 0.150 e. The van der Waals surface area contributed by atoms with Crippen LogP contribution in [0.3, 0.4) is 0 Å². The van der Waals surface area contributed by atoms with Gasteiger partial charge >= 0.3 is 0 Å². The predicted octanol–water partition coefficient (Wildman–Crippen LogP) is 0.739. The maximum atomic E-state index is 11.3. The Morgan fingerprint density at radius 3 is 2.69 bits per heavy atom. The second-order valence-electron chi connectivity index (χ2n) is 4.40. The summed E-state index contributed by atoms with van der Waals surface area (Å²) < 4.78 is 24.7. The van der Waals surface area contributed by atoms with Crippen molar-refractivity contribution >= 4 is 9.84 Å². The van der Waals surface area contributed by atoms with Crippen LogP contribution in [0.15, 0.2) is 18.5 Å². The van der Waals surface area contributed by atoms with Crippen molar-refractivity contribution in [1.29, 1.82) is 0 Å². The Bertz CT molecular complexity index is 436. The van der Waals surface area contributed by atoms with Crippen LogP contribution in [-0.2, 0) is 16.4 Å². The van der Waals surface area contributed by atoms with Gasteiger partial charge in [-0.25, -0.2) is 8.42 Å². The minimum atomic E-state index is -2.75. The number of nitrogens with zero attached hydrogens (tertiary/aromatic N) is 1. The molecular formula is C11H18N2O2S. The van der Waals surface area contributed by atoms with E-state index in [0.29, 0.717) is 24.0 Å². The Balaban J connectivity index is 2.02. The van der Waals surface area contributed by atoms with Crippen LogP contribution in [0.2, 0.25) is 0 Å². The fourth-order valence-electron chi connectivity index (χ4n) is 2.21. The number of nitrogens with two attached hydrogens (primary N) is 1. The molecule has 0 unspecified atom stereocenters. The second kappa shape index (κ2) is 4.59. The summed E-state index contributed by atoms with van der Waals surface area (Å²) in [7, 11) is -2.75. The SMILES string of the molecule is NCCn1ccc(C2CCS(=O)(=O)CC2)c1. The molecule has 0 atom stereocenters. The largest absolute Gasteiger partial charge is 0.353 e. The van der Waals surface area contributed by atoms with E-state index in [0.717, 1.165) is 19.4 Å². The van der Waals surface area contributed by atoms with Crippen molar-refractivity contribution in [2.24, 2.45) is 5.73 Å². The molecule has 0 amide bonds. The van der Waals surface area contributed by atoms with Gasteiger partial charge in [0.25, 0.3) is 0 Å². The van der Waals surface area contributed by atoms with Crippen molar-refractivity contribution in [3.63, 3.8) is 0 Å². The molecule has 2 rings (SSSR count). The van der Waals surface area contributed by atoms with Gasteiger partial charge in [0, 0.05) is 25.5 Å². The molecule has 1 aromatic heterocycles. The van der Waals surface area contributed by atoms with Gasteiger partial charge in [0.1, 0.15) is 9.84 Å². The smallest absolute Gasteiger partial charge is 0.150 e. The summed E-state index contributed by atoms with van der Waals surface area (Å²) >= 11 is 0. The predicted molar refractivity (Wildman–Crippen MR) is 64.1 cm³/mol. The molecule has 2 N–H and O–H groups in total. The zero-order valence-electron chi connectivity index (χ0n) is 9.30. The highest BCUT2D eigenvalue weighted by molar-refractivity contribution is 7.91. The number of hydrogen-bond donors (Lipinski definition) is 1. The van der Waals surface area contributed by atoms with E-state index in [2.05, 4.69) is 16.8 Å². The molecule has 0 aliphatic carbocycles. The molecule has 0 radical (unpaired) electrons. The van der Waals surface area contributed by atoms with Crippen LogP contribution in [0.1, 0.15) is 24.3 Å². The molecule has 1 fully saturated rings. The van der Waals surface area contributed by atoms with Crippen molar-refractivity contribution in [1.82, 2.24) is 4.57 Å². The Morgan fingerprint density at radius 2 is 2.06 bits per heavy atom. The van der Waals surface area contributed by atoms with Crippen LogP contribution in [-0.4, -0.2) is 31.0 Å². The maximum absolute atomic E-state index is 11.3. The van der Waals surface area contributed by atoms with Crippen LogP contribution in [0, 0.1) is 0 Å². The normalized spacial score (nSPS) is 21.1. The van der Waals surface area contributed by atoms with Gasteiger partial charge in [-0.05, 0) is 30.4 Å². The first-order valence-corrected chi connectivity index (χ1v) is 7.49. The van der Waals surface area contributed by atoms with E-state index in [-0.39, 0.29) is 0 Å². The summed E-state index contributed by atoms with van der Waals surface area (Å²) in [6, 6.07) is 2.08. The van der Waals surface area contributed by atoms with Crippen LogP contribution in [0.4, 0.5) is 0 Å². The molecule has 1 aliphatic heterocycles. The summed E-state index contributed by atoms with van der Waals surface area (Å²) in [5.74, 6) is 1.07. The monoisotopic (exact) mass is 242 g/mol. The molecule has 0 aromatic carbocycles. The summed E-state index contributed by atoms with van der Waals surface area (Å²) in [4.78, 5) is 0. The lowest BCUT2D eigenvalue weighted by molar-refractivity contribution is 0.549. The lowest BCUT2D eigenvalue weighted by Crippen LogP contribution is -2.21. The van der Waals surface area contributed by atoms with E-state index in [4.69, 9.17) is 5.73 Å². The molecule has 2 heterocycles. The van der Waals surface area contributed by atoms with Crippen molar-refractivity contribution < 1.29 is 8.42 Å². The molecule has 0 spiro atoms. The molecular weight excluding hydrogens is 224 g/mol. The highest BCUT2D eigenvalue weighted by atomic mass is 32.2. The Morgan fingerprint density at radius 1 is 1.38 bits per heavy atom. The molecule has 0 saturated carbocycles. The molecule has 0 bridgehead atoms. The number of sulfone groups is 1. The van der Waals surface area contributed by atoms with Gasteiger partial charge in [0.2, 0.25) is 0 Å².